The smallest absolute Gasteiger partial charge is 0.287 e. The molecule has 0 saturated heterocycles. The Labute approximate surface area is 175 Å². The number of primary amides is 1. The van der Waals surface area contributed by atoms with Crippen LogP contribution in [0.25, 0.3) is 0 Å². The summed E-state index contributed by atoms with van der Waals surface area (Å²) in [5.41, 5.74) is 8.49. The molecule has 0 bridgehead atoms. The summed E-state index contributed by atoms with van der Waals surface area (Å²) in [6, 6.07) is 31.2. The van der Waals surface area contributed by atoms with E-state index in [-0.39, 0.29) is 5.82 Å². The number of hydrogen-bond donors (Lipinski definition) is 1. The fraction of sp³-hybridized carbons (Fsp3) is 0.120. The molecule has 3 aromatic carbocycles. The van der Waals surface area contributed by atoms with E-state index in [9.17, 15) is 4.79 Å². The van der Waals surface area contributed by atoms with Gasteiger partial charge in [-0.15, -0.1) is 0 Å². The Morgan fingerprint density at radius 2 is 1.30 bits per heavy atom. The Kier molecular flexibility index (Phi) is 5.61. The van der Waals surface area contributed by atoms with E-state index in [1.807, 2.05) is 18.2 Å². The van der Waals surface area contributed by atoms with Crippen molar-refractivity contribution >= 4 is 5.91 Å². The van der Waals surface area contributed by atoms with Crippen LogP contribution in [0.3, 0.4) is 0 Å². The SMILES string of the molecule is NC(=O)c1nccn1OCCC(c1ccccc1)(c1ccccc1)c1ccccc1. The molecule has 5 heteroatoms. The molecular weight excluding hydrogens is 374 g/mol. The number of nitrogens with zero attached hydrogens (tertiary/aromatic N) is 2. The fourth-order valence-electron chi connectivity index (χ4n) is 3.97. The highest BCUT2D eigenvalue weighted by molar-refractivity contribution is 5.88. The van der Waals surface area contributed by atoms with Gasteiger partial charge in [0, 0.05) is 18.0 Å². The zero-order valence-electron chi connectivity index (χ0n) is 16.5. The van der Waals surface area contributed by atoms with Crippen molar-refractivity contribution in [1.82, 2.24) is 9.71 Å². The van der Waals surface area contributed by atoms with Crippen molar-refractivity contribution in [3.8, 4) is 0 Å². The lowest BCUT2D eigenvalue weighted by Gasteiger charge is -2.36. The first-order valence-electron chi connectivity index (χ1n) is 9.85. The molecule has 150 valence electrons. The summed E-state index contributed by atoms with van der Waals surface area (Å²) in [5, 5.41) is 0. The fourth-order valence-corrected chi connectivity index (χ4v) is 3.97. The highest BCUT2D eigenvalue weighted by Crippen LogP contribution is 2.41. The first-order valence-corrected chi connectivity index (χ1v) is 9.85. The van der Waals surface area contributed by atoms with Gasteiger partial charge in [0.15, 0.2) is 0 Å². The normalized spacial score (nSPS) is 11.2. The number of aromatic nitrogens is 2. The molecule has 0 unspecified atom stereocenters. The predicted octanol–water partition coefficient (Wildman–Crippen LogP) is 3.84. The van der Waals surface area contributed by atoms with E-state index in [1.54, 1.807) is 6.20 Å². The minimum atomic E-state index is -0.625. The summed E-state index contributed by atoms with van der Waals surface area (Å²) in [6.45, 7) is 0.356. The predicted molar refractivity (Wildman–Crippen MR) is 116 cm³/mol. The van der Waals surface area contributed by atoms with Crippen molar-refractivity contribution in [3.05, 3.63) is 126 Å². The molecule has 0 aliphatic carbocycles. The molecule has 0 fully saturated rings. The van der Waals surface area contributed by atoms with Crippen LogP contribution in [0, 0.1) is 0 Å². The summed E-state index contributed by atoms with van der Waals surface area (Å²) in [5.74, 6) is -0.542. The van der Waals surface area contributed by atoms with Crippen LogP contribution in [0.2, 0.25) is 0 Å². The molecular formula is C25H23N3O2. The van der Waals surface area contributed by atoms with Crippen molar-refractivity contribution in [2.24, 2.45) is 5.73 Å². The second kappa shape index (κ2) is 8.66. The molecule has 4 rings (SSSR count). The van der Waals surface area contributed by atoms with Gasteiger partial charge in [-0.3, -0.25) is 4.79 Å². The molecule has 1 heterocycles. The van der Waals surface area contributed by atoms with Gasteiger partial charge in [0.2, 0.25) is 5.82 Å². The zero-order valence-corrected chi connectivity index (χ0v) is 16.5. The van der Waals surface area contributed by atoms with Crippen molar-refractivity contribution in [2.45, 2.75) is 11.8 Å². The summed E-state index contributed by atoms with van der Waals surface area (Å²) >= 11 is 0. The van der Waals surface area contributed by atoms with Crippen LogP contribution in [0.1, 0.15) is 33.7 Å². The van der Waals surface area contributed by atoms with Gasteiger partial charge < -0.3 is 10.6 Å². The van der Waals surface area contributed by atoms with Gasteiger partial charge >= 0.3 is 0 Å². The van der Waals surface area contributed by atoms with Crippen LogP contribution in [0.5, 0.6) is 0 Å². The zero-order chi connectivity index (χ0) is 20.8. The number of imidazole rings is 1. The summed E-state index contributed by atoms with van der Waals surface area (Å²) in [7, 11) is 0. The Morgan fingerprint density at radius 1 is 0.833 bits per heavy atom. The molecule has 0 radical (unpaired) electrons. The Hall–Kier alpha value is -3.86. The quantitative estimate of drug-likeness (QED) is 0.459. The Balaban J connectivity index is 1.77. The van der Waals surface area contributed by atoms with Gasteiger partial charge in [-0.1, -0.05) is 91.0 Å². The molecule has 0 aliphatic rings. The second-order valence-electron chi connectivity index (χ2n) is 7.03. The molecule has 0 atom stereocenters. The molecule has 5 nitrogen and oxygen atoms in total. The van der Waals surface area contributed by atoms with Crippen LogP contribution >= 0.6 is 0 Å². The van der Waals surface area contributed by atoms with Gasteiger partial charge in [0.25, 0.3) is 5.91 Å². The third-order valence-corrected chi connectivity index (χ3v) is 5.34. The minimum absolute atomic E-state index is 0.0831. The number of carbonyl (C=O) groups is 1. The topological polar surface area (TPSA) is 70.1 Å². The molecule has 0 spiro atoms. The highest BCUT2D eigenvalue weighted by Gasteiger charge is 2.36. The van der Waals surface area contributed by atoms with Crippen molar-refractivity contribution in [1.29, 1.82) is 0 Å². The largest absolute Gasteiger partial charge is 0.412 e. The van der Waals surface area contributed by atoms with Crippen LogP contribution in [0.4, 0.5) is 0 Å². The number of nitrogens with two attached hydrogens (primary N) is 1. The molecule has 1 amide bonds. The van der Waals surface area contributed by atoms with Gasteiger partial charge in [0.05, 0.1) is 6.20 Å². The van der Waals surface area contributed by atoms with Gasteiger partial charge in [-0.25, -0.2) is 4.98 Å². The van der Waals surface area contributed by atoms with E-state index >= 15 is 0 Å². The lowest BCUT2D eigenvalue weighted by Crippen LogP contribution is -2.33. The number of carbonyl (C=O) groups excluding carboxylic acids is 1. The van der Waals surface area contributed by atoms with Gasteiger partial charge in [-0.2, -0.15) is 4.73 Å². The number of hydrogen-bond acceptors (Lipinski definition) is 3. The maximum atomic E-state index is 11.6. The first-order chi connectivity index (χ1) is 14.7. The van der Waals surface area contributed by atoms with E-state index < -0.39 is 11.3 Å². The summed E-state index contributed by atoms with van der Waals surface area (Å²) in [6.07, 6.45) is 3.75. The van der Waals surface area contributed by atoms with Crippen LogP contribution < -0.4 is 10.6 Å². The lowest BCUT2D eigenvalue weighted by molar-refractivity contribution is 0.0801. The third kappa shape index (κ3) is 3.70. The van der Waals surface area contributed by atoms with E-state index in [0.717, 1.165) is 0 Å². The molecule has 1 aromatic heterocycles. The highest BCUT2D eigenvalue weighted by atomic mass is 16.7. The first kappa shape index (κ1) is 19.5. The van der Waals surface area contributed by atoms with Crippen LogP contribution in [0.15, 0.2) is 103 Å². The second-order valence-corrected chi connectivity index (χ2v) is 7.03. The molecule has 0 aliphatic heterocycles. The number of amides is 1. The van der Waals surface area contributed by atoms with Crippen LogP contribution in [-0.4, -0.2) is 22.2 Å². The van der Waals surface area contributed by atoms with E-state index in [2.05, 4.69) is 77.8 Å². The van der Waals surface area contributed by atoms with Crippen molar-refractivity contribution < 1.29 is 9.63 Å². The minimum Gasteiger partial charge on any atom is -0.412 e. The number of rotatable bonds is 8. The summed E-state index contributed by atoms with van der Waals surface area (Å²) < 4.78 is 1.34. The molecule has 2 N–H and O–H groups in total. The Bertz CT molecular complexity index is 996. The molecule has 0 saturated carbocycles. The molecule has 4 aromatic rings. The average molecular weight is 397 g/mol. The lowest BCUT2D eigenvalue weighted by atomic mass is 9.67. The van der Waals surface area contributed by atoms with E-state index in [0.29, 0.717) is 13.0 Å². The standard InChI is InChI=1S/C25H23N3O2/c26-23(29)24-27-17-18-28(24)30-19-16-25(20-10-4-1-5-11-20,21-12-6-2-7-13-21)22-14-8-3-9-15-22/h1-15,17-18H,16,19H2,(H2,26,29). The Morgan fingerprint density at radius 3 is 1.73 bits per heavy atom. The van der Waals surface area contributed by atoms with Gasteiger partial charge in [0.1, 0.15) is 6.61 Å². The third-order valence-electron chi connectivity index (χ3n) is 5.34. The average Bonchev–Trinajstić information content (AvgIpc) is 3.28. The monoisotopic (exact) mass is 397 g/mol. The van der Waals surface area contributed by atoms with Crippen LogP contribution in [-0.2, 0) is 5.41 Å². The summed E-state index contributed by atoms with van der Waals surface area (Å²) in [4.78, 5) is 21.4. The van der Waals surface area contributed by atoms with Crippen molar-refractivity contribution in [2.75, 3.05) is 6.61 Å². The molecule has 30 heavy (non-hydrogen) atoms. The van der Waals surface area contributed by atoms with E-state index in [4.69, 9.17) is 10.6 Å². The van der Waals surface area contributed by atoms with Gasteiger partial charge in [-0.05, 0) is 16.7 Å². The van der Waals surface area contributed by atoms with Crippen molar-refractivity contribution in [3.63, 3.8) is 0 Å². The maximum Gasteiger partial charge on any atom is 0.287 e. The van der Waals surface area contributed by atoms with E-state index in [1.165, 1.54) is 27.6 Å². The number of benzene rings is 3. The maximum absolute atomic E-state index is 11.6.